The van der Waals surface area contributed by atoms with Gasteiger partial charge in [-0.2, -0.15) is 0 Å². The van der Waals surface area contributed by atoms with Crippen LogP contribution in [0.25, 0.3) is 0 Å². The fraction of sp³-hybridized carbons (Fsp3) is 0.200. The third kappa shape index (κ3) is 3.02. The third-order valence-electron chi connectivity index (χ3n) is 2.62. The summed E-state index contributed by atoms with van der Waals surface area (Å²) in [5.41, 5.74) is 2.78. The normalized spacial score (nSPS) is 11.1. The Balaban J connectivity index is 3.28. The first-order valence-corrected chi connectivity index (χ1v) is 5.57. The molecule has 0 aliphatic heterocycles. The molecule has 94 valence electrons. The Hall–Kier alpha value is -2.00. The van der Waals surface area contributed by atoms with E-state index in [1.165, 1.54) is 6.08 Å². The van der Waals surface area contributed by atoms with Gasteiger partial charge in [0.2, 0.25) is 5.78 Å². The molecular weight excluding hydrogens is 226 g/mol. The van der Waals surface area contributed by atoms with Crippen molar-refractivity contribution in [3.8, 4) is 0 Å². The number of methoxy groups -OCH3 is 1. The van der Waals surface area contributed by atoms with E-state index < -0.39 is 0 Å². The monoisotopic (exact) mass is 243 g/mol. The molecular formula is C15H17NO2. The summed E-state index contributed by atoms with van der Waals surface area (Å²) in [6.07, 6.45) is 3.07. The summed E-state index contributed by atoms with van der Waals surface area (Å²) in [7, 11) is 1.60. The van der Waals surface area contributed by atoms with Crippen LogP contribution in [0.5, 0.6) is 0 Å². The molecule has 0 aromatic heterocycles. The molecule has 0 unspecified atom stereocenters. The van der Waals surface area contributed by atoms with Crippen LogP contribution in [0.4, 0.5) is 0 Å². The van der Waals surface area contributed by atoms with Gasteiger partial charge < -0.3 is 4.74 Å². The lowest BCUT2D eigenvalue weighted by atomic mass is 9.98. The van der Waals surface area contributed by atoms with Crippen molar-refractivity contribution >= 4 is 12.5 Å². The molecule has 1 aromatic rings. The van der Waals surface area contributed by atoms with E-state index in [1.54, 1.807) is 19.3 Å². The molecule has 0 fully saturated rings. The Morgan fingerprint density at radius 3 is 2.78 bits per heavy atom. The number of carbonyl (C=O) groups excluding carboxylic acids is 1. The Kier molecular flexibility index (Phi) is 5.21. The number of carbonyl (C=O) groups is 1. The first kappa shape index (κ1) is 14.1. The van der Waals surface area contributed by atoms with Crippen LogP contribution < -0.4 is 0 Å². The second-order valence-electron chi connectivity index (χ2n) is 3.81. The van der Waals surface area contributed by atoms with Gasteiger partial charge in [0.1, 0.15) is 5.70 Å². The predicted molar refractivity (Wildman–Crippen MR) is 74.1 cm³/mol. The van der Waals surface area contributed by atoms with Gasteiger partial charge in [0, 0.05) is 12.7 Å². The van der Waals surface area contributed by atoms with E-state index in [-0.39, 0.29) is 11.5 Å². The van der Waals surface area contributed by atoms with Crippen molar-refractivity contribution in [3.63, 3.8) is 0 Å². The number of benzene rings is 1. The molecule has 0 radical (unpaired) electrons. The number of aliphatic imine (C=N–C) groups is 1. The summed E-state index contributed by atoms with van der Waals surface area (Å²) in [5, 5.41) is 0. The van der Waals surface area contributed by atoms with Gasteiger partial charge in [0.25, 0.3) is 0 Å². The van der Waals surface area contributed by atoms with Gasteiger partial charge in [-0.05, 0) is 30.8 Å². The second-order valence-corrected chi connectivity index (χ2v) is 3.81. The fourth-order valence-corrected chi connectivity index (χ4v) is 1.70. The number of rotatable bonds is 6. The number of ether oxygens (including phenoxy) is 1. The van der Waals surface area contributed by atoms with Gasteiger partial charge in [-0.3, -0.25) is 9.79 Å². The zero-order chi connectivity index (χ0) is 13.5. The Morgan fingerprint density at radius 2 is 2.22 bits per heavy atom. The minimum absolute atomic E-state index is 0.166. The standard InChI is InChI=1S/C15H17NO2/c1-5-7-14(16-3)15(17)12-9-6-8-11(2)13(12)10-18-4/h5-9H,1,3,10H2,2,4H3/b14-7-. The molecule has 0 heterocycles. The van der Waals surface area contributed by atoms with E-state index >= 15 is 0 Å². The molecule has 0 atom stereocenters. The first-order valence-electron chi connectivity index (χ1n) is 5.57. The fourth-order valence-electron chi connectivity index (χ4n) is 1.70. The minimum Gasteiger partial charge on any atom is -0.380 e. The quantitative estimate of drug-likeness (QED) is 0.333. The highest BCUT2D eigenvalue weighted by Gasteiger charge is 2.16. The average molecular weight is 243 g/mol. The van der Waals surface area contributed by atoms with Crippen LogP contribution in [0.3, 0.4) is 0 Å². The number of aryl methyl sites for hydroxylation is 1. The van der Waals surface area contributed by atoms with Gasteiger partial charge >= 0.3 is 0 Å². The lowest BCUT2D eigenvalue weighted by Gasteiger charge is -2.11. The number of hydrogen-bond donors (Lipinski definition) is 0. The summed E-state index contributed by atoms with van der Waals surface area (Å²) in [6.45, 7) is 9.31. The number of allylic oxidation sites excluding steroid dienone is 3. The van der Waals surface area contributed by atoms with Crippen LogP contribution in [0.15, 0.2) is 47.6 Å². The summed E-state index contributed by atoms with van der Waals surface area (Å²) < 4.78 is 5.13. The Morgan fingerprint density at radius 1 is 1.50 bits per heavy atom. The molecule has 3 nitrogen and oxygen atoms in total. The molecule has 0 bridgehead atoms. The van der Waals surface area contributed by atoms with Crippen molar-refractivity contribution in [1.82, 2.24) is 0 Å². The molecule has 0 aliphatic carbocycles. The molecule has 1 rings (SSSR count). The molecule has 0 aliphatic rings. The van der Waals surface area contributed by atoms with E-state index in [4.69, 9.17) is 4.74 Å². The molecule has 3 heteroatoms. The van der Waals surface area contributed by atoms with Crippen LogP contribution in [-0.2, 0) is 11.3 Å². The number of nitrogens with zero attached hydrogens (tertiary/aromatic N) is 1. The lowest BCUT2D eigenvalue weighted by Crippen LogP contribution is -2.08. The van der Waals surface area contributed by atoms with Crippen LogP contribution in [0.1, 0.15) is 21.5 Å². The summed E-state index contributed by atoms with van der Waals surface area (Å²) in [5.74, 6) is -0.166. The van der Waals surface area contributed by atoms with Crippen molar-refractivity contribution < 1.29 is 9.53 Å². The lowest BCUT2D eigenvalue weighted by molar-refractivity contribution is 0.102. The minimum atomic E-state index is -0.166. The highest BCUT2D eigenvalue weighted by molar-refractivity contribution is 6.10. The highest BCUT2D eigenvalue weighted by atomic mass is 16.5. The van der Waals surface area contributed by atoms with Crippen molar-refractivity contribution in [1.29, 1.82) is 0 Å². The zero-order valence-electron chi connectivity index (χ0n) is 10.8. The van der Waals surface area contributed by atoms with E-state index in [2.05, 4.69) is 18.3 Å². The molecule has 18 heavy (non-hydrogen) atoms. The summed E-state index contributed by atoms with van der Waals surface area (Å²) in [4.78, 5) is 16.0. The molecule has 0 saturated carbocycles. The maximum Gasteiger partial charge on any atom is 0.211 e. The van der Waals surface area contributed by atoms with Gasteiger partial charge in [0.15, 0.2) is 0 Å². The van der Waals surface area contributed by atoms with Gasteiger partial charge in [-0.25, -0.2) is 0 Å². The summed E-state index contributed by atoms with van der Waals surface area (Å²) >= 11 is 0. The maximum atomic E-state index is 12.3. The number of hydrogen-bond acceptors (Lipinski definition) is 3. The SMILES string of the molecule is C=C/C=C(\N=C)C(=O)c1cccc(C)c1COC. The maximum absolute atomic E-state index is 12.3. The van der Waals surface area contributed by atoms with Crippen molar-refractivity contribution in [2.24, 2.45) is 4.99 Å². The highest BCUT2D eigenvalue weighted by Crippen LogP contribution is 2.19. The van der Waals surface area contributed by atoms with Gasteiger partial charge in [-0.15, -0.1) is 0 Å². The van der Waals surface area contributed by atoms with E-state index in [1.807, 2.05) is 19.1 Å². The molecule has 0 amide bonds. The van der Waals surface area contributed by atoms with Crippen LogP contribution >= 0.6 is 0 Å². The largest absolute Gasteiger partial charge is 0.380 e. The first-order chi connectivity index (χ1) is 8.65. The number of ketones is 1. The van der Waals surface area contributed by atoms with Crippen LogP contribution in [0, 0.1) is 6.92 Å². The van der Waals surface area contributed by atoms with Crippen molar-refractivity contribution in [2.45, 2.75) is 13.5 Å². The predicted octanol–water partition coefficient (Wildman–Crippen LogP) is 3.09. The van der Waals surface area contributed by atoms with Gasteiger partial charge in [-0.1, -0.05) is 30.9 Å². The smallest absolute Gasteiger partial charge is 0.211 e. The van der Waals surface area contributed by atoms with E-state index in [0.29, 0.717) is 12.2 Å². The molecule has 0 spiro atoms. The Bertz CT molecular complexity index is 501. The number of Topliss-reactive ketones (excluding diaryl/α,β-unsaturated/α-hetero) is 1. The average Bonchev–Trinajstić information content (AvgIpc) is 2.37. The molecule has 0 N–H and O–H groups in total. The molecule has 0 saturated heterocycles. The van der Waals surface area contributed by atoms with E-state index in [0.717, 1.165) is 11.1 Å². The third-order valence-corrected chi connectivity index (χ3v) is 2.62. The Labute approximate surface area is 108 Å². The summed E-state index contributed by atoms with van der Waals surface area (Å²) in [6, 6.07) is 5.56. The topological polar surface area (TPSA) is 38.7 Å². The van der Waals surface area contributed by atoms with Gasteiger partial charge in [0.05, 0.1) is 6.61 Å². The molecule has 1 aromatic carbocycles. The van der Waals surface area contributed by atoms with Crippen LogP contribution in [0.2, 0.25) is 0 Å². The zero-order valence-corrected chi connectivity index (χ0v) is 10.8. The van der Waals surface area contributed by atoms with Crippen molar-refractivity contribution in [3.05, 3.63) is 59.3 Å². The van der Waals surface area contributed by atoms with E-state index in [9.17, 15) is 4.79 Å². The van der Waals surface area contributed by atoms with Crippen LogP contribution in [-0.4, -0.2) is 19.6 Å². The van der Waals surface area contributed by atoms with Crippen molar-refractivity contribution in [2.75, 3.05) is 7.11 Å². The second kappa shape index (κ2) is 6.67.